The van der Waals surface area contributed by atoms with Crippen LogP contribution in [-0.4, -0.2) is 91.0 Å². The highest BCUT2D eigenvalue weighted by molar-refractivity contribution is 5.78. The zero-order chi connectivity index (χ0) is 23.1. The van der Waals surface area contributed by atoms with E-state index in [0.29, 0.717) is 13.2 Å². The summed E-state index contributed by atoms with van der Waals surface area (Å²) in [5, 5.41) is 7.12. The van der Waals surface area contributed by atoms with Gasteiger partial charge < -0.3 is 24.4 Å². The fourth-order valence-electron chi connectivity index (χ4n) is 3.57. The van der Waals surface area contributed by atoms with Gasteiger partial charge >= 0.3 is 12.1 Å². The lowest BCUT2D eigenvalue weighted by Gasteiger charge is -2.38. The van der Waals surface area contributed by atoms with Crippen molar-refractivity contribution in [2.75, 3.05) is 46.9 Å². The first-order valence-corrected chi connectivity index (χ1v) is 9.88. The van der Waals surface area contributed by atoms with Gasteiger partial charge in [0.05, 0.1) is 25.5 Å². The highest BCUT2D eigenvalue weighted by Crippen LogP contribution is 2.42. The molecule has 0 aromatic carbocycles. The summed E-state index contributed by atoms with van der Waals surface area (Å²) in [4.78, 5) is 29.0. The zero-order valence-corrected chi connectivity index (χ0v) is 17.6. The highest BCUT2D eigenvalue weighted by Gasteiger charge is 2.43. The van der Waals surface area contributed by atoms with Crippen molar-refractivity contribution in [2.24, 2.45) is 5.41 Å². The van der Waals surface area contributed by atoms with Gasteiger partial charge in [-0.05, 0) is 50.9 Å². The van der Waals surface area contributed by atoms with Crippen molar-refractivity contribution in [3.63, 3.8) is 0 Å². The number of carbonyl (C=O) groups is 2. The zero-order valence-electron chi connectivity index (χ0n) is 17.6. The minimum Gasteiger partial charge on any atom is -0.489 e. The van der Waals surface area contributed by atoms with E-state index in [0.717, 1.165) is 44.7 Å². The number of carboxylic acid groups (broad SMARTS) is 1. The van der Waals surface area contributed by atoms with Gasteiger partial charge in [0.1, 0.15) is 12.4 Å². The first kappa shape index (κ1) is 24.9. The second-order valence-corrected chi connectivity index (χ2v) is 8.06. The molecule has 1 unspecified atom stereocenters. The Kier molecular flexibility index (Phi) is 8.63. The largest absolute Gasteiger partial charge is 0.490 e. The van der Waals surface area contributed by atoms with Crippen LogP contribution in [0, 0.1) is 5.41 Å². The second kappa shape index (κ2) is 10.8. The molecule has 1 amide bonds. The SMILES string of the molecule is CN(C)CC(=O)N1CCC2(CC1)COC(COc1cccnc1)C2.O=C(O)C(F)(F)F. The van der Waals surface area contributed by atoms with E-state index in [9.17, 15) is 18.0 Å². The van der Waals surface area contributed by atoms with Gasteiger partial charge in [0.2, 0.25) is 5.91 Å². The second-order valence-electron chi connectivity index (χ2n) is 8.06. The van der Waals surface area contributed by atoms with Crippen LogP contribution in [0.3, 0.4) is 0 Å². The predicted octanol–water partition coefficient (Wildman–Crippen LogP) is 2.05. The Morgan fingerprint density at radius 3 is 2.52 bits per heavy atom. The van der Waals surface area contributed by atoms with Crippen LogP contribution in [0.5, 0.6) is 5.75 Å². The van der Waals surface area contributed by atoms with Crippen LogP contribution in [-0.2, 0) is 14.3 Å². The summed E-state index contributed by atoms with van der Waals surface area (Å²) in [5.74, 6) is -1.75. The lowest BCUT2D eigenvalue weighted by molar-refractivity contribution is -0.192. The minimum absolute atomic E-state index is 0.134. The summed E-state index contributed by atoms with van der Waals surface area (Å²) in [6.45, 7) is 3.52. The summed E-state index contributed by atoms with van der Waals surface area (Å²) in [5.41, 5.74) is 0.220. The number of halogens is 3. The van der Waals surface area contributed by atoms with Crippen molar-refractivity contribution in [3.8, 4) is 5.75 Å². The fourth-order valence-corrected chi connectivity index (χ4v) is 3.57. The molecule has 2 fully saturated rings. The Morgan fingerprint density at radius 1 is 1.35 bits per heavy atom. The first-order chi connectivity index (χ1) is 14.5. The maximum Gasteiger partial charge on any atom is 0.490 e. The maximum atomic E-state index is 12.2. The molecule has 2 aliphatic heterocycles. The molecule has 174 valence electrons. The van der Waals surface area contributed by atoms with Crippen molar-refractivity contribution in [3.05, 3.63) is 24.5 Å². The van der Waals surface area contributed by atoms with Crippen molar-refractivity contribution in [2.45, 2.75) is 31.5 Å². The van der Waals surface area contributed by atoms with Crippen molar-refractivity contribution >= 4 is 11.9 Å². The molecule has 1 atom stereocenters. The number of hydrogen-bond donors (Lipinski definition) is 1. The fraction of sp³-hybridized carbons (Fsp3) is 0.650. The number of ether oxygens (including phenoxy) is 2. The van der Waals surface area contributed by atoms with Gasteiger partial charge in [-0.15, -0.1) is 0 Å². The van der Waals surface area contributed by atoms with E-state index >= 15 is 0 Å². The van der Waals surface area contributed by atoms with Gasteiger partial charge in [-0.1, -0.05) is 0 Å². The van der Waals surface area contributed by atoms with Crippen molar-refractivity contribution in [1.29, 1.82) is 0 Å². The molecule has 2 aliphatic rings. The molecule has 1 spiro atoms. The lowest BCUT2D eigenvalue weighted by Crippen LogP contribution is -2.46. The number of nitrogens with zero attached hydrogens (tertiary/aromatic N) is 3. The van der Waals surface area contributed by atoms with Crippen LogP contribution in [0.4, 0.5) is 13.2 Å². The number of likely N-dealkylation sites (tertiary alicyclic amines) is 1. The van der Waals surface area contributed by atoms with Gasteiger partial charge in [0.25, 0.3) is 0 Å². The molecule has 3 heterocycles. The molecule has 2 saturated heterocycles. The standard InChI is InChI=1S/C18H27N3O3.C2HF3O2/c1-20(2)12-17(22)21-8-5-18(6-9-21)10-16(24-14-18)13-23-15-4-3-7-19-11-15;3-2(4,5)1(6)7/h3-4,7,11,16H,5-6,8-10,12-14H2,1-2H3;(H,6,7). The summed E-state index contributed by atoms with van der Waals surface area (Å²) in [6.07, 6.45) is 1.57. The molecule has 8 nitrogen and oxygen atoms in total. The molecular formula is C20H28F3N3O5. The molecule has 0 aliphatic carbocycles. The summed E-state index contributed by atoms with van der Waals surface area (Å²) in [7, 11) is 3.86. The Morgan fingerprint density at radius 2 is 2.00 bits per heavy atom. The number of alkyl halides is 3. The summed E-state index contributed by atoms with van der Waals surface area (Å²) in [6, 6.07) is 3.78. The number of rotatable bonds is 5. The Bertz CT molecular complexity index is 723. The number of carboxylic acids is 1. The van der Waals surface area contributed by atoms with Gasteiger partial charge in [-0.3, -0.25) is 9.78 Å². The highest BCUT2D eigenvalue weighted by atomic mass is 19.4. The number of aliphatic carboxylic acids is 1. The number of amides is 1. The third-order valence-corrected chi connectivity index (χ3v) is 5.23. The van der Waals surface area contributed by atoms with Crippen molar-refractivity contribution in [1.82, 2.24) is 14.8 Å². The molecule has 0 bridgehead atoms. The molecule has 31 heavy (non-hydrogen) atoms. The van der Waals surface area contributed by atoms with E-state index in [1.54, 1.807) is 12.4 Å². The van der Waals surface area contributed by atoms with Crippen LogP contribution >= 0.6 is 0 Å². The third-order valence-electron chi connectivity index (χ3n) is 5.23. The molecule has 1 aromatic heterocycles. The Labute approximate surface area is 178 Å². The molecular weight excluding hydrogens is 419 g/mol. The number of piperidine rings is 1. The first-order valence-electron chi connectivity index (χ1n) is 9.88. The third kappa shape index (κ3) is 7.98. The van der Waals surface area contributed by atoms with Crippen LogP contribution in [0.1, 0.15) is 19.3 Å². The van der Waals surface area contributed by atoms with E-state index in [1.165, 1.54) is 0 Å². The van der Waals surface area contributed by atoms with E-state index < -0.39 is 12.1 Å². The van der Waals surface area contributed by atoms with Gasteiger partial charge in [0.15, 0.2) is 0 Å². The number of carbonyl (C=O) groups excluding carboxylic acids is 1. The average Bonchev–Trinajstić information content (AvgIpc) is 3.09. The molecule has 1 N–H and O–H groups in total. The van der Waals surface area contributed by atoms with E-state index in [4.69, 9.17) is 19.4 Å². The number of pyridine rings is 1. The average molecular weight is 447 g/mol. The van der Waals surface area contributed by atoms with Gasteiger partial charge in [0, 0.05) is 19.3 Å². The molecule has 1 aromatic rings. The monoisotopic (exact) mass is 447 g/mol. The Balaban J connectivity index is 0.000000423. The maximum absolute atomic E-state index is 12.2. The smallest absolute Gasteiger partial charge is 0.489 e. The minimum atomic E-state index is -5.08. The Hall–Kier alpha value is -2.40. The number of hydrogen-bond acceptors (Lipinski definition) is 6. The molecule has 3 rings (SSSR count). The predicted molar refractivity (Wildman–Crippen MR) is 105 cm³/mol. The normalized spacial score (nSPS) is 20.3. The van der Waals surface area contributed by atoms with Crippen molar-refractivity contribution < 1.29 is 37.3 Å². The van der Waals surface area contributed by atoms with Gasteiger partial charge in [-0.2, -0.15) is 13.2 Å². The summed E-state index contributed by atoms with van der Waals surface area (Å²) >= 11 is 0. The molecule has 0 radical (unpaired) electrons. The van der Waals surface area contributed by atoms with E-state index in [1.807, 2.05) is 36.0 Å². The summed E-state index contributed by atoms with van der Waals surface area (Å²) < 4.78 is 43.5. The topological polar surface area (TPSA) is 92.2 Å². The van der Waals surface area contributed by atoms with Crippen LogP contribution in [0.25, 0.3) is 0 Å². The van der Waals surface area contributed by atoms with Crippen LogP contribution in [0.2, 0.25) is 0 Å². The number of aromatic nitrogens is 1. The van der Waals surface area contributed by atoms with Crippen LogP contribution in [0.15, 0.2) is 24.5 Å². The van der Waals surface area contributed by atoms with E-state index in [2.05, 4.69) is 4.98 Å². The molecule has 0 saturated carbocycles. The lowest BCUT2D eigenvalue weighted by atomic mass is 9.76. The van der Waals surface area contributed by atoms with Gasteiger partial charge in [-0.25, -0.2) is 4.79 Å². The quantitative estimate of drug-likeness (QED) is 0.739. The van der Waals surface area contributed by atoms with Crippen LogP contribution < -0.4 is 4.74 Å². The molecule has 11 heteroatoms. The van der Waals surface area contributed by atoms with E-state index in [-0.39, 0.29) is 17.4 Å². The number of likely N-dealkylation sites (N-methyl/N-ethyl adjacent to an activating group) is 1.